The molecule has 0 aliphatic rings. The van der Waals surface area contributed by atoms with E-state index in [2.05, 4.69) is 6.92 Å². The Kier molecular flexibility index (Phi) is 10.7. The lowest BCUT2D eigenvalue weighted by Crippen LogP contribution is -2.20. The van der Waals surface area contributed by atoms with Crippen molar-refractivity contribution >= 4 is 0 Å². The van der Waals surface area contributed by atoms with Crippen LogP contribution < -0.4 is 4.89 Å². The van der Waals surface area contributed by atoms with Gasteiger partial charge in [0.1, 0.15) is 12.7 Å². The van der Waals surface area contributed by atoms with Gasteiger partial charge in [-0.25, -0.2) is 0 Å². The maximum Gasteiger partial charge on any atom is 0.165 e. The summed E-state index contributed by atoms with van der Waals surface area (Å²) in [6.07, 6.45) is 9.44. The SMILES string of the molecule is CCCCCCCCCc1ccc(OOCC(O)CO)cc1. The number of aryl methyl sites for hydroxylation is 1. The van der Waals surface area contributed by atoms with Crippen LogP contribution in [0.15, 0.2) is 24.3 Å². The fraction of sp³-hybridized carbons (Fsp3) is 0.667. The van der Waals surface area contributed by atoms with Gasteiger partial charge in [0.2, 0.25) is 0 Å². The molecule has 0 bridgehead atoms. The first kappa shape index (κ1) is 18.9. The summed E-state index contributed by atoms with van der Waals surface area (Å²) in [6, 6.07) is 7.81. The Morgan fingerprint density at radius 2 is 1.59 bits per heavy atom. The minimum atomic E-state index is -0.906. The van der Waals surface area contributed by atoms with Crippen molar-refractivity contribution in [3.05, 3.63) is 29.8 Å². The van der Waals surface area contributed by atoms with Crippen molar-refractivity contribution in [1.82, 2.24) is 0 Å². The van der Waals surface area contributed by atoms with Gasteiger partial charge in [0.05, 0.1) is 6.61 Å². The lowest BCUT2D eigenvalue weighted by atomic mass is 10.0. The molecule has 0 amide bonds. The molecular weight excluding hydrogens is 280 g/mol. The fourth-order valence-electron chi connectivity index (χ4n) is 2.23. The molecule has 0 radical (unpaired) electrons. The van der Waals surface area contributed by atoms with E-state index < -0.39 is 6.10 Å². The van der Waals surface area contributed by atoms with Crippen LogP contribution in [0.1, 0.15) is 57.4 Å². The maximum atomic E-state index is 9.11. The van der Waals surface area contributed by atoms with E-state index >= 15 is 0 Å². The molecule has 4 heteroatoms. The molecule has 0 saturated heterocycles. The Morgan fingerprint density at radius 1 is 0.955 bits per heavy atom. The van der Waals surface area contributed by atoms with Crippen molar-refractivity contribution < 1.29 is 20.0 Å². The molecule has 0 aromatic heterocycles. The summed E-state index contributed by atoms with van der Waals surface area (Å²) in [5, 5.41) is 17.8. The predicted molar refractivity (Wildman–Crippen MR) is 87.8 cm³/mol. The molecule has 0 aliphatic heterocycles. The maximum absolute atomic E-state index is 9.11. The molecule has 0 aliphatic carbocycles. The van der Waals surface area contributed by atoms with Crippen molar-refractivity contribution in [2.24, 2.45) is 0 Å². The molecule has 1 rings (SSSR count). The van der Waals surface area contributed by atoms with Crippen molar-refractivity contribution in [1.29, 1.82) is 0 Å². The van der Waals surface area contributed by atoms with E-state index in [4.69, 9.17) is 20.0 Å². The summed E-state index contributed by atoms with van der Waals surface area (Å²) in [4.78, 5) is 9.89. The third kappa shape index (κ3) is 9.03. The second-order valence-corrected chi connectivity index (χ2v) is 5.72. The topological polar surface area (TPSA) is 58.9 Å². The van der Waals surface area contributed by atoms with Crippen LogP contribution in [-0.2, 0) is 11.3 Å². The predicted octanol–water partition coefficient (Wildman–Crippen LogP) is 3.64. The van der Waals surface area contributed by atoms with Crippen LogP contribution in [0.3, 0.4) is 0 Å². The molecule has 0 spiro atoms. The lowest BCUT2D eigenvalue weighted by molar-refractivity contribution is -0.226. The molecule has 0 fully saturated rings. The summed E-state index contributed by atoms with van der Waals surface area (Å²) in [5.41, 5.74) is 1.30. The first-order chi connectivity index (χ1) is 10.8. The Balaban J connectivity index is 2.11. The summed E-state index contributed by atoms with van der Waals surface area (Å²) >= 11 is 0. The molecule has 22 heavy (non-hydrogen) atoms. The number of hydrogen-bond donors (Lipinski definition) is 2. The second-order valence-electron chi connectivity index (χ2n) is 5.72. The fourth-order valence-corrected chi connectivity index (χ4v) is 2.23. The average molecular weight is 310 g/mol. The van der Waals surface area contributed by atoms with Gasteiger partial charge in [-0.05, 0) is 30.5 Å². The van der Waals surface area contributed by atoms with Crippen LogP contribution in [0.5, 0.6) is 5.75 Å². The highest BCUT2D eigenvalue weighted by atomic mass is 17.2. The first-order valence-electron chi connectivity index (χ1n) is 8.43. The van der Waals surface area contributed by atoms with Crippen LogP contribution in [0.25, 0.3) is 0 Å². The van der Waals surface area contributed by atoms with Gasteiger partial charge < -0.3 is 15.1 Å². The molecule has 0 heterocycles. The zero-order valence-corrected chi connectivity index (χ0v) is 13.7. The molecule has 1 aromatic rings. The summed E-state index contributed by atoms with van der Waals surface area (Å²) in [7, 11) is 0. The highest BCUT2D eigenvalue weighted by Gasteiger charge is 2.03. The monoisotopic (exact) mass is 310 g/mol. The highest BCUT2D eigenvalue weighted by molar-refractivity contribution is 5.26. The van der Waals surface area contributed by atoms with Crippen molar-refractivity contribution in [3.8, 4) is 5.75 Å². The molecule has 0 saturated carbocycles. The Hall–Kier alpha value is -1.10. The van der Waals surface area contributed by atoms with E-state index in [1.807, 2.05) is 24.3 Å². The smallest absolute Gasteiger partial charge is 0.165 e. The molecule has 126 valence electrons. The summed E-state index contributed by atoms with van der Waals surface area (Å²) < 4.78 is 0. The minimum absolute atomic E-state index is 0.0454. The second kappa shape index (κ2) is 12.4. The molecular formula is C18H30O4. The lowest BCUT2D eigenvalue weighted by Gasteiger charge is -2.08. The molecule has 2 N–H and O–H groups in total. The van der Waals surface area contributed by atoms with Gasteiger partial charge in [-0.3, -0.25) is 0 Å². The van der Waals surface area contributed by atoms with Crippen LogP contribution >= 0.6 is 0 Å². The zero-order chi connectivity index (χ0) is 16.0. The van der Waals surface area contributed by atoms with Crippen molar-refractivity contribution in [2.75, 3.05) is 13.2 Å². The first-order valence-corrected chi connectivity index (χ1v) is 8.43. The van der Waals surface area contributed by atoms with Gasteiger partial charge >= 0.3 is 0 Å². The largest absolute Gasteiger partial charge is 0.394 e. The normalized spacial score (nSPS) is 12.3. The third-order valence-electron chi connectivity index (χ3n) is 3.62. The van der Waals surface area contributed by atoms with Crippen LogP contribution in [0, 0.1) is 0 Å². The van der Waals surface area contributed by atoms with Crippen LogP contribution in [0.2, 0.25) is 0 Å². The van der Waals surface area contributed by atoms with E-state index in [1.54, 1.807) is 0 Å². The van der Waals surface area contributed by atoms with Gasteiger partial charge in [-0.15, -0.1) is 0 Å². The Bertz CT molecular complexity index is 364. The minimum Gasteiger partial charge on any atom is -0.394 e. The van der Waals surface area contributed by atoms with E-state index in [1.165, 1.54) is 50.5 Å². The number of unbranched alkanes of at least 4 members (excludes halogenated alkanes) is 6. The Morgan fingerprint density at radius 3 is 2.23 bits per heavy atom. The number of benzene rings is 1. The van der Waals surface area contributed by atoms with E-state index in [0.29, 0.717) is 5.75 Å². The van der Waals surface area contributed by atoms with Crippen molar-refractivity contribution in [2.45, 2.75) is 64.4 Å². The third-order valence-corrected chi connectivity index (χ3v) is 3.62. The van der Waals surface area contributed by atoms with E-state index in [9.17, 15) is 0 Å². The Labute approximate surface area is 134 Å². The molecule has 1 unspecified atom stereocenters. The van der Waals surface area contributed by atoms with Gasteiger partial charge in [0.15, 0.2) is 5.75 Å². The van der Waals surface area contributed by atoms with Gasteiger partial charge in [-0.1, -0.05) is 57.6 Å². The standard InChI is InChI=1S/C18H30O4/c1-2-3-4-5-6-7-8-9-16-10-12-18(13-11-16)22-21-15-17(20)14-19/h10-13,17,19-20H,2-9,14-15H2,1H3. The highest BCUT2D eigenvalue weighted by Crippen LogP contribution is 2.15. The zero-order valence-electron chi connectivity index (χ0n) is 13.7. The summed E-state index contributed by atoms with van der Waals surface area (Å²) in [6.45, 7) is 1.87. The molecule has 1 aromatic carbocycles. The average Bonchev–Trinajstić information content (AvgIpc) is 2.55. The number of aliphatic hydroxyl groups excluding tert-OH is 2. The van der Waals surface area contributed by atoms with Gasteiger partial charge in [-0.2, -0.15) is 4.89 Å². The van der Waals surface area contributed by atoms with Gasteiger partial charge in [0.25, 0.3) is 0 Å². The van der Waals surface area contributed by atoms with Crippen LogP contribution in [-0.4, -0.2) is 29.5 Å². The molecule has 4 nitrogen and oxygen atoms in total. The van der Waals surface area contributed by atoms with Gasteiger partial charge in [0, 0.05) is 0 Å². The number of aliphatic hydroxyl groups is 2. The van der Waals surface area contributed by atoms with Crippen LogP contribution in [0.4, 0.5) is 0 Å². The number of rotatable bonds is 13. The van der Waals surface area contributed by atoms with E-state index in [-0.39, 0.29) is 13.2 Å². The number of hydrogen-bond acceptors (Lipinski definition) is 4. The quantitative estimate of drug-likeness (QED) is 0.332. The van der Waals surface area contributed by atoms with Crippen molar-refractivity contribution in [3.63, 3.8) is 0 Å². The summed E-state index contributed by atoms with van der Waals surface area (Å²) in [5.74, 6) is 0.605. The molecule has 1 atom stereocenters. The van der Waals surface area contributed by atoms with E-state index in [0.717, 1.165) is 6.42 Å².